The first-order chi connectivity index (χ1) is 11.7. The fourth-order valence-corrected chi connectivity index (χ4v) is 3.84. The quantitative estimate of drug-likeness (QED) is 0.360. The van der Waals surface area contributed by atoms with Crippen molar-refractivity contribution in [3.05, 3.63) is 45.4 Å². The minimum atomic E-state index is -4.53. The Labute approximate surface area is 177 Å². The number of nitrogen functional groups attached to an aromatic ring is 2. The molecule has 0 aromatic heterocycles. The molecule has 0 atom stereocenters. The van der Waals surface area contributed by atoms with E-state index in [1.54, 1.807) is 13.8 Å². The van der Waals surface area contributed by atoms with E-state index in [4.69, 9.17) is 34.7 Å². The summed E-state index contributed by atoms with van der Waals surface area (Å²) >= 11 is 11.2. The fraction of sp³-hybridized carbons (Fsp3) is 0.143. The molecular formula is C14H14Cl2N2NiO6S2. The molecule has 13 heteroatoms. The van der Waals surface area contributed by atoms with Crippen molar-refractivity contribution in [1.82, 2.24) is 0 Å². The van der Waals surface area contributed by atoms with E-state index < -0.39 is 30.0 Å². The second-order valence-corrected chi connectivity index (χ2v) is 8.58. The van der Waals surface area contributed by atoms with Crippen LogP contribution in [0.2, 0.25) is 10.0 Å². The maximum absolute atomic E-state index is 10.6. The summed E-state index contributed by atoms with van der Waals surface area (Å²) in [5.74, 6) is 0. The van der Waals surface area contributed by atoms with Crippen LogP contribution in [0.25, 0.3) is 0 Å². The van der Waals surface area contributed by atoms with Crippen molar-refractivity contribution >= 4 is 54.8 Å². The Balaban J connectivity index is 0.000000483. The molecule has 8 nitrogen and oxygen atoms in total. The maximum Gasteiger partial charge on any atom is 2.00 e. The van der Waals surface area contributed by atoms with Gasteiger partial charge in [-0.15, -0.1) is 0 Å². The SMILES string of the molecule is Cc1ccc(S(=O)(=O)[O-])c(Cl)c1N.Cc1ccc(S(=O)(=O)[O-])c(Cl)c1N.[Ni+2]. The van der Waals surface area contributed by atoms with Crippen molar-refractivity contribution in [1.29, 1.82) is 0 Å². The number of halogens is 2. The van der Waals surface area contributed by atoms with Gasteiger partial charge in [0.15, 0.2) is 0 Å². The number of hydrogen-bond acceptors (Lipinski definition) is 8. The van der Waals surface area contributed by atoms with Crippen LogP contribution in [0.1, 0.15) is 11.1 Å². The normalized spacial score (nSPS) is 11.2. The van der Waals surface area contributed by atoms with Crippen molar-refractivity contribution in [2.75, 3.05) is 11.5 Å². The molecule has 27 heavy (non-hydrogen) atoms. The first-order valence-corrected chi connectivity index (χ1v) is 10.3. The molecule has 4 N–H and O–H groups in total. The minimum Gasteiger partial charge on any atom is -0.744 e. The molecule has 0 saturated heterocycles. The predicted molar refractivity (Wildman–Crippen MR) is 97.1 cm³/mol. The molecule has 0 aliphatic rings. The zero-order valence-corrected chi connectivity index (χ0v) is 17.9. The van der Waals surface area contributed by atoms with Crippen molar-refractivity contribution in [3.8, 4) is 0 Å². The summed E-state index contributed by atoms with van der Waals surface area (Å²) in [6.45, 7) is 3.34. The van der Waals surface area contributed by atoms with Crippen LogP contribution in [0.5, 0.6) is 0 Å². The Morgan fingerprint density at radius 1 is 0.741 bits per heavy atom. The van der Waals surface area contributed by atoms with E-state index in [-0.39, 0.29) is 37.9 Å². The zero-order chi connectivity index (χ0) is 20.4. The Morgan fingerprint density at radius 2 is 1.00 bits per heavy atom. The molecule has 0 aliphatic heterocycles. The van der Waals surface area contributed by atoms with Gasteiger partial charge in [-0.3, -0.25) is 0 Å². The fourth-order valence-electron chi connectivity index (χ4n) is 1.73. The number of aryl methyl sites for hydroxylation is 2. The van der Waals surface area contributed by atoms with Crippen molar-refractivity contribution < 1.29 is 42.4 Å². The summed E-state index contributed by atoms with van der Waals surface area (Å²) in [4.78, 5) is -0.950. The minimum absolute atomic E-state index is 0. The molecule has 2 aromatic carbocycles. The van der Waals surface area contributed by atoms with Gasteiger partial charge < -0.3 is 20.6 Å². The molecular weight excluding hydrogens is 486 g/mol. The van der Waals surface area contributed by atoms with E-state index in [1.165, 1.54) is 12.1 Å². The van der Waals surface area contributed by atoms with Gasteiger partial charge in [0, 0.05) is 0 Å². The van der Waals surface area contributed by atoms with Crippen LogP contribution in [0, 0.1) is 13.8 Å². The van der Waals surface area contributed by atoms with Gasteiger partial charge in [-0.1, -0.05) is 35.3 Å². The summed E-state index contributed by atoms with van der Waals surface area (Å²) in [7, 11) is -9.07. The number of rotatable bonds is 2. The Bertz CT molecular complexity index is 974. The Kier molecular flexibility index (Phi) is 9.05. The van der Waals surface area contributed by atoms with Crippen molar-refractivity contribution in [2.24, 2.45) is 0 Å². The molecule has 0 unspecified atom stereocenters. The second-order valence-electron chi connectivity index (χ2n) is 5.12. The van der Waals surface area contributed by atoms with E-state index in [2.05, 4.69) is 0 Å². The van der Waals surface area contributed by atoms with Crippen LogP contribution in [0.4, 0.5) is 11.4 Å². The summed E-state index contributed by atoms with van der Waals surface area (Å²) < 4.78 is 63.7. The molecule has 0 heterocycles. The zero-order valence-electron chi connectivity index (χ0n) is 13.8. The smallest absolute Gasteiger partial charge is 0.744 e. The number of benzene rings is 2. The molecule has 0 amide bonds. The van der Waals surface area contributed by atoms with Crippen LogP contribution in [-0.4, -0.2) is 25.9 Å². The topological polar surface area (TPSA) is 166 Å². The van der Waals surface area contributed by atoms with Crippen LogP contribution >= 0.6 is 23.2 Å². The predicted octanol–water partition coefficient (Wildman–Crippen LogP) is 2.27. The number of anilines is 2. The van der Waals surface area contributed by atoms with Gasteiger partial charge in [0.2, 0.25) is 0 Å². The van der Waals surface area contributed by atoms with E-state index >= 15 is 0 Å². The third-order valence-electron chi connectivity index (χ3n) is 3.26. The van der Waals surface area contributed by atoms with Crippen LogP contribution in [0.3, 0.4) is 0 Å². The van der Waals surface area contributed by atoms with Gasteiger partial charge >= 0.3 is 16.5 Å². The largest absolute Gasteiger partial charge is 2.00 e. The average Bonchev–Trinajstić information content (AvgIpc) is 2.48. The van der Waals surface area contributed by atoms with E-state index in [0.717, 1.165) is 12.1 Å². The molecule has 2 aromatic rings. The van der Waals surface area contributed by atoms with Crippen LogP contribution in [-0.2, 0) is 36.7 Å². The summed E-state index contributed by atoms with van der Waals surface area (Å²) in [6.07, 6.45) is 0. The Hall–Kier alpha value is -1.07. The Morgan fingerprint density at radius 3 is 1.22 bits per heavy atom. The van der Waals surface area contributed by atoms with Gasteiger partial charge in [0.05, 0.1) is 31.2 Å². The van der Waals surface area contributed by atoms with Gasteiger partial charge in [-0.25, -0.2) is 16.8 Å². The third-order valence-corrected chi connectivity index (χ3v) is 6.06. The molecule has 0 radical (unpaired) electrons. The maximum atomic E-state index is 10.6. The number of hydrogen-bond donors (Lipinski definition) is 2. The molecule has 0 bridgehead atoms. The molecule has 0 fully saturated rings. The summed E-state index contributed by atoms with van der Waals surface area (Å²) in [5, 5.41) is -0.398. The molecule has 0 aliphatic carbocycles. The van der Waals surface area contributed by atoms with E-state index in [0.29, 0.717) is 11.1 Å². The van der Waals surface area contributed by atoms with Gasteiger partial charge in [0.1, 0.15) is 20.2 Å². The molecule has 0 saturated carbocycles. The molecule has 0 spiro atoms. The standard InChI is InChI=1S/2C7H8ClNO3S.Ni/c2*1-4-2-3-5(13(10,11)12)6(8)7(4)9;/h2*2-3H,9H2,1H3,(H,10,11,12);/q;;+2/p-2. The molecule has 2 rings (SSSR count). The van der Waals surface area contributed by atoms with E-state index in [9.17, 15) is 25.9 Å². The number of nitrogens with two attached hydrogens (primary N) is 2. The van der Waals surface area contributed by atoms with Crippen molar-refractivity contribution in [2.45, 2.75) is 23.6 Å². The monoisotopic (exact) mass is 498 g/mol. The van der Waals surface area contributed by atoms with Gasteiger partial charge in [0.25, 0.3) is 0 Å². The van der Waals surface area contributed by atoms with E-state index in [1.807, 2.05) is 0 Å². The van der Waals surface area contributed by atoms with Crippen molar-refractivity contribution in [3.63, 3.8) is 0 Å². The first kappa shape index (κ1) is 25.9. The van der Waals surface area contributed by atoms with Gasteiger partial charge in [-0.05, 0) is 37.1 Å². The van der Waals surface area contributed by atoms with Gasteiger partial charge in [-0.2, -0.15) is 0 Å². The molecule has 152 valence electrons. The average molecular weight is 500 g/mol. The second kappa shape index (κ2) is 9.42. The summed E-state index contributed by atoms with van der Waals surface area (Å²) in [5.41, 5.74) is 12.4. The first-order valence-electron chi connectivity index (χ1n) is 6.68. The van der Waals surface area contributed by atoms with Crippen LogP contribution in [0.15, 0.2) is 34.1 Å². The third kappa shape index (κ3) is 6.50. The summed E-state index contributed by atoms with van der Waals surface area (Å²) in [6, 6.07) is 5.17. The van der Waals surface area contributed by atoms with Crippen LogP contribution < -0.4 is 11.5 Å².